The summed E-state index contributed by atoms with van der Waals surface area (Å²) in [6.07, 6.45) is 2.73. The van der Waals surface area contributed by atoms with Crippen LogP contribution in [0.25, 0.3) is 0 Å². The molecule has 0 bridgehead atoms. The molecule has 1 aromatic heterocycles. The Morgan fingerprint density at radius 3 is 2.90 bits per heavy atom. The van der Waals surface area contributed by atoms with Gasteiger partial charge in [0.1, 0.15) is 5.02 Å². The van der Waals surface area contributed by atoms with E-state index in [1.54, 1.807) is 6.20 Å². The molecule has 1 atom stereocenters. The van der Waals surface area contributed by atoms with Crippen LogP contribution in [0, 0.1) is 5.92 Å². The molecule has 1 aliphatic heterocycles. The molecule has 1 aliphatic rings. The summed E-state index contributed by atoms with van der Waals surface area (Å²) in [7, 11) is 3.91. The van der Waals surface area contributed by atoms with Crippen molar-refractivity contribution in [2.45, 2.75) is 13.0 Å². The van der Waals surface area contributed by atoms with E-state index < -0.39 is 0 Å². The molecule has 2 heterocycles. The quantitative estimate of drug-likeness (QED) is 0.844. The number of likely N-dealkylation sites (N-methyl/N-ethyl adjacent to an activating group) is 1. The Kier molecular flexibility index (Phi) is 5.01. The maximum atomic E-state index is 12.2. The van der Waals surface area contributed by atoms with E-state index in [4.69, 9.17) is 17.3 Å². The van der Waals surface area contributed by atoms with Crippen molar-refractivity contribution in [1.82, 2.24) is 14.7 Å². The van der Waals surface area contributed by atoms with Gasteiger partial charge in [-0.05, 0) is 33.0 Å². The van der Waals surface area contributed by atoms with E-state index in [9.17, 15) is 4.79 Å². The van der Waals surface area contributed by atoms with E-state index in [1.165, 1.54) is 4.68 Å². The summed E-state index contributed by atoms with van der Waals surface area (Å²) < 4.78 is 1.42. The molecule has 2 N–H and O–H groups in total. The van der Waals surface area contributed by atoms with Gasteiger partial charge in [-0.2, -0.15) is 5.10 Å². The second-order valence-corrected chi connectivity index (χ2v) is 5.89. The van der Waals surface area contributed by atoms with Crippen LogP contribution in [0.1, 0.15) is 6.42 Å². The molecule has 20 heavy (non-hydrogen) atoms. The average Bonchev–Trinajstić information content (AvgIpc) is 2.89. The molecule has 1 saturated heterocycles. The Morgan fingerprint density at radius 1 is 1.55 bits per heavy atom. The molecular formula is C13H22ClN5O. The van der Waals surface area contributed by atoms with Gasteiger partial charge in [0, 0.05) is 19.6 Å². The first-order chi connectivity index (χ1) is 9.52. The Bertz CT molecular complexity index is 516. The number of hydrogen-bond acceptors (Lipinski definition) is 5. The summed E-state index contributed by atoms with van der Waals surface area (Å²) in [6, 6.07) is 0. The molecular weight excluding hydrogens is 278 g/mol. The van der Waals surface area contributed by atoms with Crippen LogP contribution >= 0.6 is 11.6 Å². The number of aromatic nitrogens is 2. The van der Waals surface area contributed by atoms with Gasteiger partial charge in [0.2, 0.25) is 0 Å². The molecule has 7 heteroatoms. The lowest BCUT2D eigenvalue weighted by Crippen LogP contribution is -2.31. The Hall–Kier alpha value is -1.11. The van der Waals surface area contributed by atoms with E-state index in [0.717, 1.165) is 31.7 Å². The van der Waals surface area contributed by atoms with Crippen molar-refractivity contribution in [3.8, 4) is 0 Å². The number of hydrogen-bond donors (Lipinski definition) is 1. The van der Waals surface area contributed by atoms with E-state index in [1.807, 2.05) is 19.0 Å². The molecule has 1 fully saturated rings. The normalized spacial score (nSPS) is 19.1. The van der Waals surface area contributed by atoms with Gasteiger partial charge in [0.15, 0.2) is 0 Å². The van der Waals surface area contributed by atoms with Crippen LogP contribution in [0.2, 0.25) is 5.02 Å². The highest BCUT2D eigenvalue weighted by molar-refractivity contribution is 6.33. The molecule has 1 unspecified atom stereocenters. The molecule has 2 rings (SSSR count). The minimum absolute atomic E-state index is 0.220. The van der Waals surface area contributed by atoms with E-state index in [2.05, 4.69) is 10.00 Å². The fraction of sp³-hybridized carbons (Fsp3) is 0.692. The van der Waals surface area contributed by atoms with Crippen molar-refractivity contribution in [3.63, 3.8) is 0 Å². The van der Waals surface area contributed by atoms with Crippen LogP contribution < -0.4 is 16.2 Å². The van der Waals surface area contributed by atoms with Gasteiger partial charge < -0.3 is 15.5 Å². The lowest BCUT2D eigenvalue weighted by Gasteiger charge is -2.20. The van der Waals surface area contributed by atoms with Crippen LogP contribution in [-0.2, 0) is 6.54 Å². The minimum Gasteiger partial charge on any atom is -0.369 e. The molecule has 0 amide bonds. The van der Waals surface area contributed by atoms with Crippen LogP contribution in [0.3, 0.4) is 0 Å². The Labute approximate surface area is 124 Å². The number of nitrogens with two attached hydrogens (primary N) is 1. The Morgan fingerprint density at radius 2 is 2.30 bits per heavy atom. The van der Waals surface area contributed by atoms with Crippen molar-refractivity contribution in [3.05, 3.63) is 21.6 Å². The molecule has 0 aliphatic carbocycles. The van der Waals surface area contributed by atoms with Gasteiger partial charge in [-0.25, -0.2) is 4.68 Å². The molecule has 0 aromatic carbocycles. The third kappa shape index (κ3) is 3.31. The molecule has 0 spiro atoms. The third-order valence-electron chi connectivity index (χ3n) is 3.69. The molecule has 112 valence electrons. The smallest absolute Gasteiger partial charge is 0.287 e. The topological polar surface area (TPSA) is 67.4 Å². The second kappa shape index (κ2) is 6.56. The van der Waals surface area contributed by atoms with Crippen LogP contribution in [-0.4, -0.2) is 55.0 Å². The minimum atomic E-state index is -0.220. The van der Waals surface area contributed by atoms with Crippen molar-refractivity contribution >= 4 is 17.3 Å². The maximum Gasteiger partial charge on any atom is 0.287 e. The first-order valence-corrected chi connectivity index (χ1v) is 7.26. The number of rotatable bonds is 5. The van der Waals surface area contributed by atoms with Gasteiger partial charge in [-0.15, -0.1) is 0 Å². The summed E-state index contributed by atoms with van der Waals surface area (Å²) in [6.45, 7) is 3.68. The molecule has 1 aromatic rings. The SMILES string of the molecule is CN(C)CCn1ncc(N2CCC(CN)C2)c(Cl)c1=O. The monoisotopic (exact) mass is 299 g/mol. The van der Waals surface area contributed by atoms with Gasteiger partial charge in [-0.1, -0.05) is 11.6 Å². The summed E-state index contributed by atoms with van der Waals surface area (Å²) in [4.78, 5) is 16.3. The highest BCUT2D eigenvalue weighted by Crippen LogP contribution is 2.26. The zero-order valence-electron chi connectivity index (χ0n) is 12.0. The van der Waals surface area contributed by atoms with E-state index in [-0.39, 0.29) is 10.6 Å². The fourth-order valence-electron chi connectivity index (χ4n) is 2.37. The number of nitrogens with zero attached hydrogens (tertiary/aromatic N) is 4. The largest absolute Gasteiger partial charge is 0.369 e. The molecule has 0 saturated carbocycles. The van der Waals surface area contributed by atoms with Gasteiger partial charge in [0.05, 0.1) is 18.4 Å². The van der Waals surface area contributed by atoms with Crippen LogP contribution in [0.5, 0.6) is 0 Å². The number of anilines is 1. The summed E-state index contributed by atoms with van der Waals surface area (Å²) in [5.74, 6) is 0.474. The average molecular weight is 300 g/mol. The van der Waals surface area contributed by atoms with Crippen molar-refractivity contribution in [2.24, 2.45) is 11.7 Å². The van der Waals surface area contributed by atoms with Gasteiger partial charge in [0.25, 0.3) is 5.56 Å². The fourth-order valence-corrected chi connectivity index (χ4v) is 2.64. The van der Waals surface area contributed by atoms with E-state index >= 15 is 0 Å². The van der Waals surface area contributed by atoms with Crippen LogP contribution in [0.15, 0.2) is 11.0 Å². The van der Waals surface area contributed by atoms with Crippen LogP contribution in [0.4, 0.5) is 5.69 Å². The van der Waals surface area contributed by atoms with Gasteiger partial charge in [-0.3, -0.25) is 4.79 Å². The zero-order valence-corrected chi connectivity index (χ0v) is 12.8. The van der Waals surface area contributed by atoms with Gasteiger partial charge >= 0.3 is 0 Å². The Balaban J connectivity index is 2.17. The third-order valence-corrected chi connectivity index (χ3v) is 4.04. The van der Waals surface area contributed by atoms with E-state index in [0.29, 0.717) is 19.0 Å². The zero-order chi connectivity index (χ0) is 14.7. The summed E-state index contributed by atoms with van der Waals surface area (Å²) in [5, 5.41) is 4.49. The van der Waals surface area contributed by atoms with Crippen molar-refractivity contribution in [1.29, 1.82) is 0 Å². The van der Waals surface area contributed by atoms with Crippen molar-refractivity contribution in [2.75, 3.05) is 45.2 Å². The predicted molar refractivity (Wildman–Crippen MR) is 81.4 cm³/mol. The first-order valence-electron chi connectivity index (χ1n) is 6.88. The second-order valence-electron chi connectivity index (χ2n) is 5.51. The van der Waals surface area contributed by atoms with Crippen molar-refractivity contribution < 1.29 is 0 Å². The maximum absolute atomic E-state index is 12.2. The molecule has 6 nitrogen and oxygen atoms in total. The summed E-state index contributed by atoms with van der Waals surface area (Å²) in [5.41, 5.74) is 6.20. The molecule has 0 radical (unpaired) electrons. The highest BCUT2D eigenvalue weighted by atomic mass is 35.5. The highest BCUT2D eigenvalue weighted by Gasteiger charge is 2.24. The predicted octanol–water partition coefficient (Wildman–Crippen LogP) is 0.243. The summed E-state index contributed by atoms with van der Waals surface area (Å²) >= 11 is 6.22. The number of halogens is 1. The standard InChI is InChI=1S/C13H22ClN5O/c1-17(2)5-6-19-13(20)12(14)11(8-16-19)18-4-3-10(7-15)9-18/h8,10H,3-7,9,15H2,1-2H3. The lowest BCUT2D eigenvalue weighted by atomic mass is 10.1. The first kappa shape index (κ1) is 15.3. The lowest BCUT2D eigenvalue weighted by molar-refractivity contribution is 0.367.